The molecule has 0 unspecified atom stereocenters. The number of phenolic OH excluding ortho intramolecular Hbond substituents is 1. The van der Waals surface area contributed by atoms with Crippen molar-refractivity contribution in [3.05, 3.63) is 48.3 Å². The molecule has 2 aromatic rings. The molecule has 146 valence electrons. The van der Waals surface area contributed by atoms with Gasteiger partial charge in [-0.2, -0.15) is 5.26 Å². The number of nitriles is 1. The number of hydrogen-bond acceptors (Lipinski definition) is 6. The van der Waals surface area contributed by atoms with E-state index in [0.29, 0.717) is 16.5 Å². The predicted molar refractivity (Wildman–Crippen MR) is 114 cm³/mol. The van der Waals surface area contributed by atoms with Gasteiger partial charge in [-0.15, -0.1) is 11.3 Å². The van der Waals surface area contributed by atoms with Crippen molar-refractivity contribution in [1.82, 2.24) is 0 Å². The SMILES string of the molecule is CC(C)(C)[C@H]1CCc2c(sc(N=Cc3cc([N+](=O)[O-])cc(Br)c3O)c2C#N)C1. The molecular formula is C20H20BrN3O3S. The van der Waals surface area contributed by atoms with Gasteiger partial charge in [0.05, 0.1) is 15.0 Å². The highest BCUT2D eigenvalue weighted by Gasteiger charge is 2.32. The topological polar surface area (TPSA) is 99.5 Å². The summed E-state index contributed by atoms with van der Waals surface area (Å²) in [7, 11) is 0. The molecule has 1 N–H and O–H groups in total. The van der Waals surface area contributed by atoms with Crippen molar-refractivity contribution in [3.63, 3.8) is 0 Å². The first-order valence-electron chi connectivity index (χ1n) is 8.87. The molecule has 1 aliphatic rings. The number of nitro benzene ring substituents is 1. The minimum atomic E-state index is -0.529. The standard InChI is InChI=1S/C20H20BrN3O3S/c1-20(2,3)12-4-5-14-15(9-22)19(28-17(14)7-12)23-10-11-6-13(24(26)27)8-16(21)18(11)25/h6,8,10,12,25H,4-5,7H2,1-3H3/t12-/m0/s1. The number of aliphatic imine (C=N–C) groups is 1. The summed E-state index contributed by atoms with van der Waals surface area (Å²) in [6, 6.07) is 4.77. The summed E-state index contributed by atoms with van der Waals surface area (Å²) in [5.41, 5.74) is 1.94. The van der Waals surface area contributed by atoms with E-state index in [1.165, 1.54) is 34.6 Å². The van der Waals surface area contributed by atoms with Crippen molar-refractivity contribution < 1.29 is 10.0 Å². The van der Waals surface area contributed by atoms with Gasteiger partial charge in [-0.3, -0.25) is 10.1 Å². The summed E-state index contributed by atoms with van der Waals surface area (Å²) in [5.74, 6) is 0.431. The Morgan fingerprint density at radius 2 is 2.18 bits per heavy atom. The van der Waals surface area contributed by atoms with E-state index in [1.807, 2.05) is 0 Å². The molecule has 0 fully saturated rings. The minimum absolute atomic E-state index is 0.123. The molecule has 6 nitrogen and oxygen atoms in total. The number of thiophene rings is 1. The third kappa shape index (κ3) is 3.96. The zero-order chi connectivity index (χ0) is 20.6. The van der Waals surface area contributed by atoms with E-state index < -0.39 is 4.92 Å². The first-order chi connectivity index (χ1) is 13.1. The fourth-order valence-corrected chi connectivity index (χ4v) is 5.14. The average molecular weight is 462 g/mol. The van der Waals surface area contributed by atoms with Gasteiger partial charge in [0.25, 0.3) is 5.69 Å². The molecular weight excluding hydrogens is 442 g/mol. The van der Waals surface area contributed by atoms with Gasteiger partial charge in [0, 0.05) is 28.8 Å². The first kappa shape index (κ1) is 20.5. The van der Waals surface area contributed by atoms with Crippen LogP contribution in [-0.4, -0.2) is 16.2 Å². The fraction of sp³-hybridized carbons (Fsp3) is 0.400. The van der Waals surface area contributed by atoms with Crippen LogP contribution in [-0.2, 0) is 12.8 Å². The van der Waals surface area contributed by atoms with Gasteiger partial charge in [0.2, 0.25) is 0 Å². The predicted octanol–water partition coefficient (Wildman–Crippen LogP) is 5.90. The monoisotopic (exact) mass is 461 g/mol. The number of aromatic hydroxyl groups is 1. The maximum absolute atomic E-state index is 11.1. The Kier molecular flexibility index (Phi) is 5.60. The molecule has 1 aromatic carbocycles. The fourth-order valence-electron chi connectivity index (χ4n) is 3.45. The molecule has 1 aliphatic carbocycles. The highest BCUT2D eigenvalue weighted by molar-refractivity contribution is 9.10. The molecule has 0 spiro atoms. The Hall–Kier alpha value is -2.24. The van der Waals surface area contributed by atoms with Gasteiger partial charge < -0.3 is 5.11 Å². The third-order valence-electron chi connectivity index (χ3n) is 5.19. The molecule has 1 heterocycles. The molecule has 0 saturated heterocycles. The maximum atomic E-state index is 11.1. The smallest absolute Gasteiger partial charge is 0.271 e. The Labute approximate surface area is 175 Å². The van der Waals surface area contributed by atoms with E-state index in [9.17, 15) is 20.5 Å². The van der Waals surface area contributed by atoms with E-state index in [4.69, 9.17) is 0 Å². The highest BCUT2D eigenvalue weighted by Crippen LogP contribution is 2.45. The largest absolute Gasteiger partial charge is 0.506 e. The van der Waals surface area contributed by atoms with Crippen LogP contribution >= 0.6 is 27.3 Å². The Balaban J connectivity index is 1.98. The number of hydrogen-bond donors (Lipinski definition) is 1. The van der Waals surface area contributed by atoms with Crippen molar-refractivity contribution in [2.45, 2.75) is 40.0 Å². The number of nitrogens with zero attached hydrogens (tertiary/aromatic N) is 3. The molecule has 8 heteroatoms. The summed E-state index contributed by atoms with van der Waals surface area (Å²) >= 11 is 4.62. The van der Waals surface area contributed by atoms with Crippen LogP contribution in [0.4, 0.5) is 10.7 Å². The number of phenols is 1. The lowest BCUT2D eigenvalue weighted by molar-refractivity contribution is -0.385. The van der Waals surface area contributed by atoms with Crippen molar-refractivity contribution in [2.24, 2.45) is 16.3 Å². The Morgan fingerprint density at radius 3 is 2.79 bits per heavy atom. The second kappa shape index (κ2) is 7.64. The summed E-state index contributed by atoms with van der Waals surface area (Å²) < 4.78 is 0.224. The van der Waals surface area contributed by atoms with Crippen LogP contribution in [0.15, 0.2) is 21.6 Å². The minimum Gasteiger partial charge on any atom is -0.506 e. The van der Waals surface area contributed by atoms with Crippen molar-refractivity contribution in [3.8, 4) is 11.8 Å². The van der Waals surface area contributed by atoms with Gasteiger partial charge in [0.15, 0.2) is 0 Å². The lowest BCUT2D eigenvalue weighted by atomic mass is 9.72. The van der Waals surface area contributed by atoms with Crippen LogP contribution in [0, 0.1) is 32.8 Å². The van der Waals surface area contributed by atoms with E-state index in [1.54, 1.807) is 0 Å². The summed E-state index contributed by atoms with van der Waals surface area (Å²) in [4.78, 5) is 16.1. The van der Waals surface area contributed by atoms with Gasteiger partial charge in [-0.05, 0) is 52.1 Å². The lowest BCUT2D eigenvalue weighted by Crippen LogP contribution is -2.26. The molecule has 0 saturated carbocycles. The number of nitro groups is 1. The number of non-ortho nitro benzene ring substituents is 1. The second-order valence-electron chi connectivity index (χ2n) is 7.98. The van der Waals surface area contributed by atoms with Crippen molar-refractivity contribution in [1.29, 1.82) is 5.26 Å². The molecule has 0 bridgehead atoms. The van der Waals surface area contributed by atoms with E-state index in [-0.39, 0.29) is 26.9 Å². The molecule has 1 aromatic heterocycles. The molecule has 1 atom stereocenters. The molecule has 28 heavy (non-hydrogen) atoms. The number of halogens is 1. The number of fused-ring (bicyclic) bond motifs is 1. The first-order valence-corrected chi connectivity index (χ1v) is 10.5. The van der Waals surface area contributed by atoms with Crippen LogP contribution < -0.4 is 0 Å². The zero-order valence-corrected chi connectivity index (χ0v) is 18.2. The quantitative estimate of drug-likeness (QED) is 0.349. The van der Waals surface area contributed by atoms with Gasteiger partial charge in [-0.25, -0.2) is 4.99 Å². The Bertz CT molecular complexity index is 1020. The van der Waals surface area contributed by atoms with Gasteiger partial charge in [0.1, 0.15) is 16.8 Å². The Morgan fingerprint density at radius 1 is 1.46 bits per heavy atom. The van der Waals surface area contributed by atoms with E-state index in [2.05, 4.69) is 47.8 Å². The number of benzene rings is 1. The summed E-state index contributed by atoms with van der Waals surface area (Å²) in [6.45, 7) is 6.72. The van der Waals surface area contributed by atoms with Crippen LogP contribution in [0.1, 0.15) is 48.8 Å². The van der Waals surface area contributed by atoms with E-state index in [0.717, 1.165) is 24.8 Å². The van der Waals surface area contributed by atoms with Crippen molar-refractivity contribution >= 4 is 44.2 Å². The summed E-state index contributed by atoms with van der Waals surface area (Å²) in [6.07, 6.45) is 4.22. The molecule has 0 aliphatic heterocycles. The second-order valence-corrected chi connectivity index (χ2v) is 9.92. The molecule has 0 amide bonds. The third-order valence-corrected chi connectivity index (χ3v) is 6.96. The summed E-state index contributed by atoms with van der Waals surface area (Å²) in [5, 5.41) is 31.5. The molecule has 3 rings (SSSR count). The highest BCUT2D eigenvalue weighted by atomic mass is 79.9. The van der Waals surface area contributed by atoms with Crippen LogP contribution in [0.5, 0.6) is 5.75 Å². The molecule has 0 radical (unpaired) electrons. The maximum Gasteiger partial charge on any atom is 0.271 e. The average Bonchev–Trinajstić information content (AvgIpc) is 2.98. The van der Waals surface area contributed by atoms with Gasteiger partial charge in [-0.1, -0.05) is 20.8 Å². The van der Waals surface area contributed by atoms with Crippen LogP contribution in [0.25, 0.3) is 0 Å². The van der Waals surface area contributed by atoms with Crippen LogP contribution in [0.2, 0.25) is 0 Å². The van der Waals surface area contributed by atoms with Gasteiger partial charge >= 0.3 is 0 Å². The van der Waals surface area contributed by atoms with Crippen LogP contribution in [0.3, 0.4) is 0 Å². The lowest BCUT2D eigenvalue weighted by Gasteiger charge is -2.33. The van der Waals surface area contributed by atoms with E-state index >= 15 is 0 Å². The van der Waals surface area contributed by atoms with Crippen molar-refractivity contribution in [2.75, 3.05) is 0 Å². The number of rotatable bonds is 3. The normalized spacial score (nSPS) is 16.8. The zero-order valence-electron chi connectivity index (χ0n) is 15.8.